The van der Waals surface area contributed by atoms with Crippen LogP contribution < -0.4 is 4.90 Å². The average Bonchev–Trinajstić information content (AvgIpc) is 2.83. The zero-order valence-corrected chi connectivity index (χ0v) is 21.7. The van der Waals surface area contributed by atoms with Crippen LogP contribution in [0.15, 0.2) is 24.3 Å². The van der Waals surface area contributed by atoms with E-state index in [2.05, 4.69) is 13.0 Å². The molecule has 1 atom stereocenters. The van der Waals surface area contributed by atoms with Crippen LogP contribution in [0.25, 0.3) is 0 Å². The van der Waals surface area contributed by atoms with Gasteiger partial charge in [0.2, 0.25) is 0 Å². The van der Waals surface area contributed by atoms with Crippen LogP contribution in [-0.4, -0.2) is 73.5 Å². The molecule has 0 aromatic heterocycles. The molecule has 0 aliphatic carbocycles. The Morgan fingerprint density at radius 3 is 2.57 bits per heavy atom. The first-order valence-electron chi connectivity index (χ1n) is 12.8. The zero-order valence-electron chi connectivity index (χ0n) is 21.7. The van der Waals surface area contributed by atoms with Crippen molar-refractivity contribution in [3.63, 3.8) is 0 Å². The second-order valence-electron chi connectivity index (χ2n) is 10.7. The normalized spacial score (nSPS) is 19.6. The summed E-state index contributed by atoms with van der Waals surface area (Å²) in [6.07, 6.45) is 3.52. The number of unbranched alkanes of at least 4 members (excludes halogenated alkanes) is 1. The fourth-order valence-electron chi connectivity index (χ4n) is 4.60. The molecule has 0 N–H and O–H groups in total. The summed E-state index contributed by atoms with van der Waals surface area (Å²) in [4.78, 5) is 31.4. The van der Waals surface area contributed by atoms with Gasteiger partial charge in [-0.2, -0.15) is 5.26 Å². The van der Waals surface area contributed by atoms with Gasteiger partial charge in [-0.15, -0.1) is 0 Å². The smallest absolute Gasteiger partial charge is 0.410 e. The molecule has 2 aliphatic rings. The summed E-state index contributed by atoms with van der Waals surface area (Å²) < 4.78 is 11.4. The van der Waals surface area contributed by atoms with Crippen molar-refractivity contribution < 1.29 is 19.1 Å². The lowest BCUT2D eigenvalue weighted by atomic mass is 9.95. The number of nitrogens with zero attached hydrogens (tertiary/aromatic N) is 4. The molecule has 1 unspecified atom stereocenters. The number of ether oxygens (including phenoxy) is 2. The van der Waals surface area contributed by atoms with Crippen molar-refractivity contribution in [3.8, 4) is 6.07 Å². The lowest BCUT2D eigenvalue weighted by Gasteiger charge is -2.42. The Kier molecular flexibility index (Phi) is 9.39. The third-order valence-corrected chi connectivity index (χ3v) is 6.45. The van der Waals surface area contributed by atoms with Gasteiger partial charge in [-0.25, -0.2) is 9.59 Å². The summed E-state index contributed by atoms with van der Waals surface area (Å²) in [7, 11) is 0. The molecule has 8 heteroatoms. The van der Waals surface area contributed by atoms with E-state index in [1.54, 1.807) is 21.9 Å². The third-order valence-electron chi connectivity index (χ3n) is 6.45. The van der Waals surface area contributed by atoms with Crippen LogP contribution in [0.5, 0.6) is 0 Å². The predicted octanol–water partition coefficient (Wildman–Crippen LogP) is 4.88. The quantitative estimate of drug-likeness (QED) is 0.491. The van der Waals surface area contributed by atoms with Gasteiger partial charge in [-0.1, -0.05) is 19.4 Å². The molecule has 3 amide bonds. The third kappa shape index (κ3) is 7.86. The Hall–Kier alpha value is -2.79. The SMILES string of the molecule is CCCCOCC1CN(CC2CCN(C(=O)OC(C)(C)C)CC2)C(=O)N(c2cccc(C#N)c2)C1. The van der Waals surface area contributed by atoms with Crippen LogP contribution >= 0.6 is 0 Å². The number of hydrogen-bond donors (Lipinski definition) is 0. The van der Waals surface area contributed by atoms with Gasteiger partial charge in [0.1, 0.15) is 5.60 Å². The minimum absolute atomic E-state index is 0.0283. The van der Waals surface area contributed by atoms with Gasteiger partial charge in [0.25, 0.3) is 0 Å². The molecule has 0 spiro atoms. The van der Waals surface area contributed by atoms with Crippen LogP contribution in [-0.2, 0) is 9.47 Å². The number of anilines is 1. The zero-order chi connectivity index (χ0) is 25.4. The number of amides is 3. The molecular formula is C27H40N4O4. The summed E-state index contributed by atoms with van der Waals surface area (Å²) in [5.41, 5.74) is 0.782. The largest absolute Gasteiger partial charge is 0.444 e. The summed E-state index contributed by atoms with van der Waals surface area (Å²) in [5, 5.41) is 9.32. The molecule has 2 fully saturated rings. The van der Waals surface area contributed by atoms with Crippen LogP contribution in [0.3, 0.4) is 0 Å². The van der Waals surface area contributed by atoms with Crippen molar-refractivity contribution in [1.29, 1.82) is 5.26 Å². The molecule has 1 aromatic rings. The van der Waals surface area contributed by atoms with E-state index in [9.17, 15) is 14.9 Å². The molecule has 35 heavy (non-hydrogen) atoms. The monoisotopic (exact) mass is 484 g/mol. The van der Waals surface area contributed by atoms with Gasteiger partial charge in [-0.3, -0.25) is 4.90 Å². The fourth-order valence-corrected chi connectivity index (χ4v) is 4.60. The second-order valence-corrected chi connectivity index (χ2v) is 10.7. The highest BCUT2D eigenvalue weighted by molar-refractivity contribution is 5.93. The molecule has 2 heterocycles. The number of benzene rings is 1. The van der Waals surface area contributed by atoms with E-state index >= 15 is 0 Å². The first kappa shape index (κ1) is 26.8. The topological polar surface area (TPSA) is 86.1 Å². The molecule has 2 saturated heterocycles. The Bertz CT molecular complexity index is 899. The number of hydrogen-bond acceptors (Lipinski definition) is 5. The van der Waals surface area contributed by atoms with Gasteiger partial charge in [-0.05, 0) is 64.2 Å². The molecule has 2 aliphatic heterocycles. The van der Waals surface area contributed by atoms with Crippen molar-refractivity contribution in [2.45, 2.75) is 59.0 Å². The van der Waals surface area contributed by atoms with Crippen LogP contribution in [0.4, 0.5) is 15.3 Å². The number of piperidine rings is 1. The predicted molar refractivity (Wildman–Crippen MR) is 135 cm³/mol. The Balaban J connectivity index is 1.64. The highest BCUT2D eigenvalue weighted by Crippen LogP contribution is 2.27. The number of carbonyl (C=O) groups is 2. The maximum Gasteiger partial charge on any atom is 0.410 e. The second kappa shape index (κ2) is 12.3. The molecule has 0 radical (unpaired) electrons. The first-order chi connectivity index (χ1) is 16.7. The van der Waals surface area contributed by atoms with Crippen molar-refractivity contribution in [3.05, 3.63) is 29.8 Å². The lowest BCUT2D eigenvalue weighted by molar-refractivity contribution is 0.0166. The van der Waals surface area contributed by atoms with Gasteiger partial charge in [0.15, 0.2) is 0 Å². The number of rotatable bonds is 8. The first-order valence-corrected chi connectivity index (χ1v) is 12.8. The molecule has 1 aromatic carbocycles. The van der Waals surface area contributed by atoms with Crippen LogP contribution in [0, 0.1) is 23.2 Å². The number of urea groups is 1. The summed E-state index contributed by atoms with van der Waals surface area (Å²) in [6, 6.07) is 9.37. The summed E-state index contributed by atoms with van der Waals surface area (Å²) in [5.74, 6) is 0.516. The van der Waals surface area contributed by atoms with Crippen molar-refractivity contribution in [1.82, 2.24) is 9.80 Å². The molecule has 8 nitrogen and oxygen atoms in total. The molecule has 3 rings (SSSR count). The van der Waals surface area contributed by atoms with E-state index in [1.165, 1.54) is 0 Å². The molecule has 0 saturated carbocycles. The lowest BCUT2D eigenvalue weighted by Crippen LogP contribution is -2.56. The van der Waals surface area contributed by atoms with Crippen LogP contribution in [0.1, 0.15) is 58.9 Å². The highest BCUT2D eigenvalue weighted by atomic mass is 16.6. The maximum atomic E-state index is 13.5. The Morgan fingerprint density at radius 1 is 1.17 bits per heavy atom. The molecular weight excluding hydrogens is 444 g/mol. The minimum Gasteiger partial charge on any atom is -0.444 e. The maximum absolute atomic E-state index is 13.5. The van der Waals surface area contributed by atoms with E-state index in [0.717, 1.165) is 38.0 Å². The highest BCUT2D eigenvalue weighted by Gasteiger charge is 2.35. The number of likely N-dealkylation sites (tertiary alicyclic amines) is 1. The van der Waals surface area contributed by atoms with Gasteiger partial charge >= 0.3 is 12.1 Å². The van der Waals surface area contributed by atoms with Crippen molar-refractivity contribution in [2.24, 2.45) is 11.8 Å². The standard InChI is InChI=1S/C27H40N4O4/c1-5-6-14-34-20-23-18-30(25(32)31(19-23)24-9-7-8-22(15-24)16-28)17-21-10-12-29(13-11-21)26(33)35-27(2,3)4/h7-9,15,21,23H,5-6,10-14,17-20H2,1-4H3. The molecule has 0 bridgehead atoms. The Morgan fingerprint density at radius 2 is 1.91 bits per heavy atom. The van der Waals surface area contributed by atoms with Gasteiger partial charge in [0.05, 0.1) is 18.2 Å². The van der Waals surface area contributed by atoms with Crippen LogP contribution in [0.2, 0.25) is 0 Å². The van der Waals surface area contributed by atoms with E-state index in [0.29, 0.717) is 50.8 Å². The number of carbonyl (C=O) groups excluding carboxylic acids is 2. The van der Waals surface area contributed by atoms with E-state index in [-0.39, 0.29) is 18.0 Å². The van der Waals surface area contributed by atoms with E-state index in [4.69, 9.17) is 9.47 Å². The average molecular weight is 485 g/mol. The van der Waals surface area contributed by atoms with Gasteiger partial charge < -0.3 is 19.3 Å². The minimum atomic E-state index is -0.505. The van der Waals surface area contributed by atoms with Crippen molar-refractivity contribution >= 4 is 17.8 Å². The van der Waals surface area contributed by atoms with Gasteiger partial charge in [0, 0.05) is 50.9 Å². The molecule has 192 valence electrons. The number of nitriles is 1. The summed E-state index contributed by atoms with van der Waals surface area (Å²) >= 11 is 0. The van der Waals surface area contributed by atoms with E-state index < -0.39 is 5.60 Å². The fraction of sp³-hybridized carbons (Fsp3) is 0.667. The Labute approximate surface area is 209 Å². The summed E-state index contributed by atoms with van der Waals surface area (Å²) in [6.45, 7) is 12.3. The van der Waals surface area contributed by atoms with Crippen molar-refractivity contribution in [2.75, 3.05) is 50.8 Å². The van der Waals surface area contributed by atoms with E-state index in [1.807, 2.05) is 37.8 Å².